The van der Waals surface area contributed by atoms with Crippen molar-refractivity contribution in [3.05, 3.63) is 46.1 Å². The Balaban J connectivity index is 1.65. The van der Waals surface area contributed by atoms with E-state index < -0.39 is 18.0 Å². The summed E-state index contributed by atoms with van der Waals surface area (Å²) >= 11 is 1.27. The summed E-state index contributed by atoms with van der Waals surface area (Å²) in [5, 5.41) is 12.4. The van der Waals surface area contributed by atoms with Gasteiger partial charge in [0.05, 0.1) is 11.1 Å². The van der Waals surface area contributed by atoms with E-state index in [9.17, 15) is 9.59 Å². The summed E-state index contributed by atoms with van der Waals surface area (Å²) in [4.78, 5) is 33.2. The van der Waals surface area contributed by atoms with Gasteiger partial charge in [-0.25, -0.2) is 4.79 Å². The predicted octanol–water partition coefficient (Wildman–Crippen LogP) is 3.35. The van der Waals surface area contributed by atoms with Gasteiger partial charge in [-0.3, -0.25) is 20.0 Å². The van der Waals surface area contributed by atoms with E-state index >= 15 is 0 Å². The molecule has 3 heterocycles. The largest absolute Gasteiger partial charge is 0.449 e. The molecule has 0 fully saturated rings. The summed E-state index contributed by atoms with van der Waals surface area (Å²) in [6.45, 7) is 8.15. The van der Waals surface area contributed by atoms with Gasteiger partial charge in [-0.15, -0.1) is 10.2 Å². The van der Waals surface area contributed by atoms with Crippen molar-refractivity contribution in [3.8, 4) is 0 Å². The average molecular weight is 440 g/mol. The molecule has 9 heteroatoms. The molecule has 8 nitrogen and oxygen atoms in total. The van der Waals surface area contributed by atoms with Crippen LogP contribution in [0, 0.1) is 6.92 Å². The fraction of sp³-hybridized carbons (Fsp3) is 0.409. The molecule has 1 atom stereocenters. The third-order valence-electron chi connectivity index (χ3n) is 5.45. The van der Waals surface area contributed by atoms with E-state index in [2.05, 4.69) is 27.3 Å². The molecule has 1 aromatic carbocycles. The highest BCUT2D eigenvalue weighted by atomic mass is 32.1. The highest BCUT2D eigenvalue weighted by Crippen LogP contribution is 2.29. The van der Waals surface area contributed by atoms with Gasteiger partial charge in [-0.05, 0) is 26.0 Å². The number of pyridine rings is 1. The Kier molecular flexibility index (Phi) is 6.24. The lowest BCUT2D eigenvalue weighted by Crippen LogP contribution is -2.35. The second-order valence-corrected chi connectivity index (χ2v) is 8.65. The van der Waals surface area contributed by atoms with Crippen LogP contribution in [-0.2, 0) is 22.5 Å². The molecule has 1 amide bonds. The first-order chi connectivity index (χ1) is 15.0. The zero-order chi connectivity index (χ0) is 22.0. The number of aromatic nitrogens is 3. The van der Waals surface area contributed by atoms with Gasteiger partial charge >= 0.3 is 5.97 Å². The Labute approximate surface area is 184 Å². The van der Waals surface area contributed by atoms with Gasteiger partial charge in [0.25, 0.3) is 5.91 Å². The van der Waals surface area contributed by atoms with Gasteiger partial charge in [0, 0.05) is 36.2 Å². The van der Waals surface area contributed by atoms with Crippen LogP contribution in [0.1, 0.15) is 46.9 Å². The van der Waals surface area contributed by atoms with Crippen molar-refractivity contribution in [3.63, 3.8) is 0 Å². The molecule has 1 N–H and O–H groups in total. The highest BCUT2D eigenvalue weighted by Gasteiger charge is 2.29. The van der Waals surface area contributed by atoms with Gasteiger partial charge < -0.3 is 4.74 Å². The van der Waals surface area contributed by atoms with Crippen molar-refractivity contribution < 1.29 is 14.3 Å². The number of benzene rings is 1. The molecule has 0 spiro atoms. The van der Waals surface area contributed by atoms with Crippen LogP contribution in [0.2, 0.25) is 0 Å². The summed E-state index contributed by atoms with van der Waals surface area (Å²) in [6, 6.07) is 7.58. The van der Waals surface area contributed by atoms with Gasteiger partial charge in [0.2, 0.25) is 5.13 Å². The zero-order valence-electron chi connectivity index (χ0n) is 17.8. The number of ether oxygens (including phenoxy) is 1. The second-order valence-electron chi connectivity index (χ2n) is 7.47. The number of carbonyl (C=O) groups excluding carboxylic acids is 2. The van der Waals surface area contributed by atoms with E-state index in [1.165, 1.54) is 11.3 Å². The molecule has 3 aromatic rings. The van der Waals surface area contributed by atoms with E-state index in [1.807, 2.05) is 38.1 Å². The second kappa shape index (κ2) is 9.07. The summed E-state index contributed by atoms with van der Waals surface area (Å²) in [5.41, 5.74) is 3.10. The van der Waals surface area contributed by atoms with Crippen LogP contribution in [0.3, 0.4) is 0 Å². The molecule has 1 aliphatic heterocycles. The number of amides is 1. The summed E-state index contributed by atoms with van der Waals surface area (Å²) in [6.07, 6.45) is 0.203. The van der Waals surface area contributed by atoms with Crippen LogP contribution in [0.25, 0.3) is 10.9 Å². The maximum atomic E-state index is 13.4. The Bertz CT molecular complexity index is 1130. The number of hydrogen-bond donors (Lipinski definition) is 1. The number of rotatable bonds is 6. The van der Waals surface area contributed by atoms with Crippen LogP contribution in [-0.4, -0.2) is 51.2 Å². The molecule has 1 unspecified atom stereocenters. The zero-order valence-corrected chi connectivity index (χ0v) is 18.7. The van der Waals surface area contributed by atoms with Crippen molar-refractivity contribution in [2.24, 2.45) is 0 Å². The first-order valence-corrected chi connectivity index (χ1v) is 11.3. The first-order valence-electron chi connectivity index (χ1n) is 10.4. The Morgan fingerprint density at radius 1 is 1.26 bits per heavy atom. The Morgan fingerprint density at radius 2 is 2.06 bits per heavy atom. The summed E-state index contributed by atoms with van der Waals surface area (Å²) < 4.78 is 5.73. The Morgan fingerprint density at radius 3 is 2.77 bits per heavy atom. The minimum atomic E-state index is -0.926. The van der Waals surface area contributed by atoms with Gasteiger partial charge in [0.1, 0.15) is 5.01 Å². The van der Waals surface area contributed by atoms with Crippen molar-refractivity contribution in [2.45, 2.75) is 46.3 Å². The molecule has 0 saturated carbocycles. The SMILES string of the molecule is CCC(OC(=O)c1c2c(nc3ccccc13)CCN(CC)C2)C(=O)Nc1nnc(C)s1. The number of hydrogen-bond acceptors (Lipinski definition) is 8. The highest BCUT2D eigenvalue weighted by molar-refractivity contribution is 7.15. The number of fused-ring (bicyclic) bond motifs is 2. The minimum Gasteiger partial charge on any atom is -0.449 e. The number of likely N-dealkylation sites (N-methyl/N-ethyl adjacent to an activating group) is 1. The van der Waals surface area contributed by atoms with Gasteiger partial charge in [0.15, 0.2) is 6.10 Å². The number of nitrogens with zero attached hydrogens (tertiary/aromatic N) is 4. The van der Waals surface area contributed by atoms with E-state index in [0.717, 1.165) is 46.7 Å². The van der Waals surface area contributed by atoms with Crippen molar-refractivity contribution in [2.75, 3.05) is 18.4 Å². The number of nitrogens with one attached hydrogen (secondary N) is 1. The Hall–Kier alpha value is -2.91. The standard InChI is InChI=1S/C22H25N5O3S/c1-4-18(20(28)24-22-26-25-13(3)31-22)30-21(29)19-14-8-6-7-9-16(14)23-17-10-11-27(5-2)12-15(17)19/h6-9,18H,4-5,10-12H2,1-3H3,(H,24,26,28). The quantitative estimate of drug-likeness (QED) is 0.588. The normalized spacial score (nSPS) is 14.8. The smallest absolute Gasteiger partial charge is 0.340 e. The molecular weight excluding hydrogens is 414 g/mol. The first kappa shape index (κ1) is 21.3. The van der Waals surface area contributed by atoms with Crippen LogP contribution in [0.5, 0.6) is 0 Å². The van der Waals surface area contributed by atoms with Crippen molar-refractivity contribution in [1.29, 1.82) is 0 Å². The fourth-order valence-corrected chi connectivity index (χ4v) is 4.39. The topological polar surface area (TPSA) is 97.3 Å². The lowest BCUT2D eigenvalue weighted by molar-refractivity contribution is -0.124. The van der Waals surface area contributed by atoms with E-state index in [4.69, 9.17) is 9.72 Å². The van der Waals surface area contributed by atoms with E-state index in [-0.39, 0.29) is 0 Å². The molecule has 0 aliphatic carbocycles. The minimum absolute atomic E-state index is 0.349. The van der Waals surface area contributed by atoms with Crippen LogP contribution in [0.15, 0.2) is 24.3 Å². The molecule has 1 aliphatic rings. The van der Waals surface area contributed by atoms with Gasteiger partial charge in [-0.1, -0.05) is 43.4 Å². The lowest BCUT2D eigenvalue weighted by atomic mass is 9.95. The number of carbonyl (C=O) groups is 2. The van der Waals surface area contributed by atoms with Crippen LogP contribution < -0.4 is 5.32 Å². The number of anilines is 1. The fourth-order valence-electron chi connectivity index (χ4n) is 3.79. The van der Waals surface area contributed by atoms with E-state index in [0.29, 0.717) is 23.7 Å². The van der Waals surface area contributed by atoms with E-state index in [1.54, 1.807) is 0 Å². The summed E-state index contributed by atoms with van der Waals surface area (Å²) in [5.74, 6) is -0.905. The average Bonchev–Trinajstić information content (AvgIpc) is 3.19. The van der Waals surface area contributed by atoms with Crippen molar-refractivity contribution in [1.82, 2.24) is 20.1 Å². The summed E-state index contributed by atoms with van der Waals surface area (Å²) in [7, 11) is 0. The molecule has 0 radical (unpaired) electrons. The number of aryl methyl sites for hydroxylation is 1. The number of para-hydroxylation sites is 1. The maximum Gasteiger partial charge on any atom is 0.340 e. The number of esters is 1. The third kappa shape index (κ3) is 4.42. The molecular formula is C22H25N5O3S. The predicted molar refractivity (Wildman–Crippen MR) is 119 cm³/mol. The maximum absolute atomic E-state index is 13.4. The lowest BCUT2D eigenvalue weighted by Gasteiger charge is -2.29. The van der Waals surface area contributed by atoms with Crippen molar-refractivity contribution >= 4 is 39.2 Å². The molecule has 2 aromatic heterocycles. The van der Waals surface area contributed by atoms with Gasteiger partial charge in [-0.2, -0.15) is 0 Å². The third-order valence-corrected chi connectivity index (χ3v) is 6.20. The van der Waals surface area contributed by atoms with Crippen LogP contribution >= 0.6 is 11.3 Å². The molecule has 0 saturated heterocycles. The monoisotopic (exact) mass is 439 g/mol. The molecule has 4 rings (SSSR count). The molecule has 162 valence electrons. The molecule has 0 bridgehead atoms. The van der Waals surface area contributed by atoms with Crippen LogP contribution in [0.4, 0.5) is 5.13 Å². The molecule has 31 heavy (non-hydrogen) atoms.